The Morgan fingerprint density at radius 3 is 2.44 bits per heavy atom. The first-order valence-electron chi connectivity index (χ1n) is 8.01. The molecule has 0 fully saturated rings. The topological polar surface area (TPSA) is 131 Å². The molecule has 1 heterocycles. The molecular weight excluding hydrogens is 354 g/mol. The Morgan fingerprint density at radius 2 is 1.85 bits per heavy atom. The summed E-state index contributed by atoms with van der Waals surface area (Å²) >= 11 is 0. The molecule has 0 bridgehead atoms. The summed E-state index contributed by atoms with van der Waals surface area (Å²) in [5.41, 5.74) is -0.893. The van der Waals surface area contributed by atoms with Crippen molar-refractivity contribution in [3.8, 4) is 11.5 Å². The second-order valence-corrected chi connectivity index (χ2v) is 6.11. The first-order chi connectivity index (χ1) is 12.8. The summed E-state index contributed by atoms with van der Waals surface area (Å²) < 4.78 is 5.17. The number of rotatable bonds is 5. The highest BCUT2D eigenvalue weighted by atomic mass is 16.6. The number of benzene rings is 2. The van der Waals surface area contributed by atoms with Gasteiger partial charge in [0.05, 0.1) is 15.9 Å². The van der Waals surface area contributed by atoms with Crippen molar-refractivity contribution >= 4 is 22.4 Å². The van der Waals surface area contributed by atoms with Crippen LogP contribution in [-0.2, 0) is 4.79 Å². The zero-order valence-electron chi connectivity index (χ0n) is 14.2. The maximum absolute atomic E-state index is 12.5. The van der Waals surface area contributed by atoms with Gasteiger partial charge in [-0.25, -0.2) is 4.79 Å². The molecule has 8 nitrogen and oxygen atoms in total. The lowest BCUT2D eigenvalue weighted by atomic mass is 9.87. The summed E-state index contributed by atoms with van der Waals surface area (Å²) in [6.45, 7) is 1.34. The quantitative estimate of drug-likeness (QED) is 0.401. The van der Waals surface area contributed by atoms with Crippen molar-refractivity contribution in [3.63, 3.8) is 0 Å². The predicted octanol–water partition coefficient (Wildman–Crippen LogP) is 3.22. The number of para-hydroxylation sites is 1. The second kappa shape index (κ2) is 6.91. The Labute approximate surface area is 152 Å². The van der Waals surface area contributed by atoms with E-state index in [1.807, 2.05) is 0 Å². The van der Waals surface area contributed by atoms with Crippen molar-refractivity contribution in [3.05, 3.63) is 74.1 Å². The van der Waals surface area contributed by atoms with Crippen LogP contribution in [0, 0.1) is 10.1 Å². The number of non-ortho nitro benzene ring substituents is 1. The lowest BCUT2D eigenvalue weighted by Crippen LogP contribution is -2.16. The Balaban J connectivity index is 2.23. The van der Waals surface area contributed by atoms with Crippen LogP contribution in [0.4, 0.5) is 5.69 Å². The van der Waals surface area contributed by atoms with E-state index < -0.39 is 22.2 Å². The number of carbonyl (C=O) groups excluding carboxylic acids is 1. The maximum Gasteiger partial charge on any atom is 0.343 e. The van der Waals surface area contributed by atoms with Gasteiger partial charge in [-0.2, -0.15) is 0 Å². The Hall–Kier alpha value is -3.68. The summed E-state index contributed by atoms with van der Waals surface area (Å²) in [6.07, 6.45) is -0.111. The molecule has 2 aromatic carbocycles. The summed E-state index contributed by atoms with van der Waals surface area (Å²) in [7, 11) is 0. The summed E-state index contributed by atoms with van der Waals surface area (Å²) in [5, 5.41) is 31.4. The van der Waals surface area contributed by atoms with E-state index in [2.05, 4.69) is 0 Å². The summed E-state index contributed by atoms with van der Waals surface area (Å²) in [6, 6.07) is 9.63. The SMILES string of the molecule is CC(=O)C[C@@H](c1ccc([N+](=O)[O-])cc1)c1c(O)c2cccc(O)c2oc1=O. The molecule has 0 aliphatic rings. The normalized spacial score (nSPS) is 12.0. The fourth-order valence-electron chi connectivity index (χ4n) is 3.02. The Bertz CT molecular complexity index is 1100. The second-order valence-electron chi connectivity index (χ2n) is 6.11. The van der Waals surface area contributed by atoms with Crippen LogP contribution in [0.15, 0.2) is 51.7 Å². The minimum absolute atomic E-state index is 0.111. The van der Waals surface area contributed by atoms with Crippen LogP contribution in [0.5, 0.6) is 11.5 Å². The largest absolute Gasteiger partial charge is 0.507 e. The molecule has 1 atom stereocenters. The van der Waals surface area contributed by atoms with E-state index in [0.29, 0.717) is 5.56 Å². The molecule has 8 heteroatoms. The van der Waals surface area contributed by atoms with Crippen LogP contribution >= 0.6 is 0 Å². The molecule has 0 saturated heterocycles. The molecule has 1 aromatic heterocycles. The highest BCUT2D eigenvalue weighted by Gasteiger charge is 2.27. The third-order valence-corrected chi connectivity index (χ3v) is 4.27. The number of phenols is 1. The van der Waals surface area contributed by atoms with Gasteiger partial charge in [-0.3, -0.25) is 14.9 Å². The predicted molar refractivity (Wildman–Crippen MR) is 96.1 cm³/mol. The van der Waals surface area contributed by atoms with Gasteiger partial charge < -0.3 is 14.6 Å². The molecule has 27 heavy (non-hydrogen) atoms. The van der Waals surface area contributed by atoms with Crippen LogP contribution in [0.25, 0.3) is 11.0 Å². The van der Waals surface area contributed by atoms with Crippen molar-refractivity contribution in [2.75, 3.05) is 0 Å². The van der Waals surface area contributed by atoms with Gasteiger partial charge in [0, 0.05) is 24.5 Å². The van der Waals surface area contributed by atoms with E-state index in [1.165, 1.54) is 49.4 Å². The first kappa shape index (κ1) is 18.1. The fraction of sp³-hybridized carbons (Fsp3) is 0.158. The number of fused-ring (bicyclic) bond motifs is 1. The lowest BCUT2D eigenvalue weighted by molar-refractivity contribution is -0.384. The minimum Gasteiger partial charge on any atom is -0.507 e. The molecule has 3 rings (SSSR count). The molecule has 0 saturated carbocycles. The van der Waals surface area contributed by atoms with Crippen LogP contribution in [0.2, 0.25) is 0 Å². The minimum atomic E-state index is -0.897. The third-order valence-electron chi connectivity index (χ3n) is 4.27. The van der Waals surface area contributed by atoms with Crippen molar-refractivity contribution in [1.29, 1.82) is 0 Å². The van der Waals surface area contributed by atoms with Gasteiger partial charge in [0.15, 0.2) is 11.3 Å². The average Bonchev–Trinajstić information content (AvgIpc) is 2.61. The van der Waals surface area contributed by atoms with E-state index >= 15 is 0 Å². The zero-order chi connectivity index (χ0) is 19.7. The van der Waals surface area contributed by atoms with E-state index in [9.17, 15) is 29.9 Å². The van der Waals surface area contributed by atoms with E-state index in [-0.39, 0.29) is 40.2 Å². The summed E-state index contributed by atoms with van der Waals surface area (Å²) in [5.74, 6) is -1.80. The van der Waals surface area contributed by atoms with E-state index in [4.69, 9.17) is 4.42 Å². The number of nitro benzene ring substituents is 1. The third kappa shape index (κ3) is 3.37. The lowest BCUT2D eigenvalue weighted by Gasteiger charge is -2.17. The molecule has 138 valence electrons. The van der Waals surface area contributed by atoms with Crippen LogP contribution in [0.3, 0.4) is 0 Å². The molecule has 3 aromatic rings. The van der Waals surface area contributed by atoms with Crippen molar-refractivity contribution in [2.24, 2.45) is 0 Å². The van der Waals surface area contributed by atoms with Gasteiger partial charge in [-0.15, -0.1) is 0 Å². The van der Waals surface area contributed by atoms with Crippen molar-refractivity contribution in [1.82, 2.24) is 0 Å². The number of ketones is 1. The van der Waals surface area contributed by atoms with E-state index in [0.717, 1.165) is 0 Å². The molecule has 2 N–H and O–H groups in total. The Morgan fingerprint density at radius 1 is 1.19 bits per heavy atom. The summed E-state index contributed by atoms with van der Waals surface area (Å²) in [4.78, 5) is 34.6. The number of hydrogen-bond donors (Lipinski definition) is 2. The number of hydrogen-bond acceptors (Lipinski definition) is 7. The van der Waals surface area contributed by atoms with Crippen LogP contribution < -0.4 is 5.63 Å². The van der Waals surface area contributed by atoms with Gasteiger partial charge in [0.2, 0.25) is 0 Å². The molecule has 0 aliphatic heterocycles. The highest BCUT2D eigenvalue weighted by Crippen LogP contribution is 2.38. The van der Waals surface area contributed by atoms with Gasteiger partial charge in [0.25, 0.3) is 5.69 Å². The maximum atomic E-state index is 12.5. The molecule has 0 aliphatic carbocycles. The zero-order valence-corrected chi connectivity index (χ0v) is 14.2. The fourth-order valence-corrected chi connectivity index (χ4v) is 3.02. The van der Waals surface area contributed by atoms with Gasteiger partial charge in [0.1, 0.15) is 11.5 Å². The molecular formula is C19H15NO7. The Kier molecular flexibility index (Phi) is 4.64. The number of nitro groups is 1. The molecule has 0 radical (unpaired) electrons. The average molecular weight is 369 g/mol. The molecule has 0 unspecified atom stereocenters. The van der Waals surface area contributed by atoms with Crippen LogP contribution in [-0.4, -0.2) is 20.9 Å². The van der Waals surface area contributed by atoms with Crippen molar-refractivity contribution in [2.45, 2.75) is 19.3 Å². The molecule has 0 spiro atoms. The molecule has 0 amide bonds. The monoisotopic (exact) mass is 369 g/mol. The number of carbonyl (C=O) groups is 1. The first-order valence-corrected chi connectivity index (χ1v) is 8.01. The number of phenolic OH excluding ortho intramolecular Hbond substituents is 1. The van der Waals surface area contributed by atoms with Gasteiger partial charge in [-0.1, -0.05) is 18.2 Å². The highest BCUT2D eigenvalue weighted by molar-refractivity contribution is 5.89. The van der Waals surface area contributed by atoms with Gasteiger partial charge >= 0.3 is 5.63 Å². The van der Waals surface area contributed by atoms with E-state index in [1.54, 1.807) is 0 Å². The van der Waals surface area contributed by atoms with Crippen LogP contribution in [0.1, 0.15) is 30.4 Å². The van der Waals surface area contributed by atoms with Crippen molar-refractivity contribution < 1.29 is 24.3 Å². The number of nitrogens with zero attached hydrogens (tertiary/aromatic N) is 1. The standard InChI is InChI=1S/C19H15NO7/c1-10(21)9-14(11-5-7-12(8-6-11)20(25)26)16-17(23)13-3-2-4-15(22)18(13)27-19(16)24/h2-8,14,22-23H,9H2,1H3/t14-/m0/s1. The number of Topliss-reactive ketones (excluding diaryl/α,β-unsaturated/α-hetero) is 1. The smallest absolute Gasteiger partial charge is 0.343 e. The number of aromatic hydroxyl groups is 2. The van der Waals surface area contributed by atoms with Gasteiger partial charge in [-0.05, 0) is 24.6 Å².